The van der Waals surface area contributed by atoms with Crippen molar-refractivity contribution in [2.75, 3.05) is 0 Å². The fourth-order valence-corrected chi connectivity index (χ4v) is 2.06. The summed E-state index contributed by atoms with van der Waals surface area (Å²) in [5.74, 6) is 0.0508. The van der Waals surface area contributed by atoms with E-state index in [2.05, 4.69) is 36.7 Å². The molecule has 2 heteroatoms. The molecule has 1 nitrogen and oxygen atoms in total. The van der Waals surface area contributed by atoms with E-state index in [1.165, 1.54) is 5.56 Å². The second-order valence-corrected chi connectivity index (χ2v) is 4.75. The van der Waals surface area contributed by atoms with Gasteiger partial charge in [-0.05, 0) is 23.1 Å². The van der Waals surface area contributed by atoms with Crippen molar-refractivity contribution in [3.8, 4) is 5.75 Å². The molecule has 0 aliphatic carbocycles. The van der Waals surface area contributed by atoms with E-state index >= 15 is 0 Å². The van der Waals surface area contributed by atoms with Gasteiger partial charge in [-0.1, -0.05) is 42.8 Å². The van der Waals surface area contributed by atoms with E-state index in [0.29, 0.717) is 0 Å². The van der Waals surface area contributed by atoms with Crippen LogP contribution < -0.4 is 0 Å². The minimum atomic E-state index is 0.0508. The fraction of sp³-hybridized carbons (Fsp3) is 0.400. The van der Waals surface area contributed by atoms with Crippen LogP contribution >= 0.6 is 15.9 Å². The molecule has 0 unspecified atom stereocenters. The first-order valence-electron chi connectivity index (χ1n) is 3.88. The zero-order valence-corrected chi connectivity index (χ0v) is 9.10. The van der Waals surface area contributed by atoms with E-state index in [-0.39, 0.29) is 11.2 Å². The number of halogens is 1. The third-order valence-electron chi connectivity index (χ3n) is 1.75. The summed E-state index contributed by atoms with van der Waals surface area (Å²) in [6.07, 6.45) is 0. The van der Waals surface area contributed by atoms with Gasteiger partial charge in [0.15, 0.2) is 5.75 Å². The van der Waals surface area contributed by atoms with Crippen LogP contribution in [0.3, 0.4) is 0 Å². The van der Waals surface area contributed by atoms with Gasteiger partial charge in [-0.15, -0.1) is 0 Å². The monoisotopic (exact) mass is 227 g/mol. The van der Waals surface area contributed by atoms with Gasteiger partial charge in [0.05, 0.1) is 0 Å². The molecule has 1 radical (unpaired) electrons. The summed E-state index contributed by atoms with van der Waals surface area (Å²) in [6.45, 7) is 6.37. The molecule has 0 aliphatic heterocycles. The largest absolute Gasteiger partial charge is 0.290 e. The molecule has 0 N–H and O–H groups in total. The van der Waals surface area contributed by atoms with Crippen molar-refractivity contribution >= 4 is 15.9 Å². The molecule has 1 aromatic rings. The van der Waals surface area contributed by atoms with Crippen LogP contribution in [0.1, 0.15) is 26.3 Å². The van der Waals surface area contributed by atoms with Crippen LogP contribution in [0.15, 0.2) is 22.7 Å². The standard InChI is InChI=1S/C10H12BrO/c1-10(2,3)8-5-4-7(12)6-9(8)11/h4-6H,1-3H3. The number of hydrogen-bond donors (Lipinski definition) is 0. The van der Waals surface area contributed by atoms with E-state index in [9.17, 15) is 5.11 Å². The summed E-state index contributed by atoms with van der Waals surface area (Å²) in [5.41, 5.74) is 1.26. The Morgan fingerprint density at radius 2 is 1.83 bits per heavy atom. The topological polar surface area (TPSA) is 19.9 Å². The lowest BCUT2D eigenvalue weighted by Gasteiger charge is -2.20. The predicted octanol–water partition coefficient (Wildman–Crippen LogP) is 3.89. The number of hydrogen-bond acceptors (Lipinski definition) is 0. The fourth-order valence-electron chi connectivity index (χ4n) is 1.10. The van der Waals surface area contributed by atoms with Gasteiger partial charge in [0.1, 0.15) is 0 Å². The van der Waals surface area contributed by atoms with Gasteiger partial charge in [-0.25, -0.2) is 0 Å². The number of rotatable bonds is 0. The Labute approximate surface area is 81.6 Å². The van der Waals surface area contributed by atoms with E-state index in [0.717, 1.165) is 4.47 Å². The molecular weight excluding hydrogens is 216 g/mol. The van der Waals surface area contributed by atoms with Crippen LogP contribution in [-0.2, 0) is 10.5 Å². The maximum absolute atomic E-state index is 10.9. The first-order chi connectivity index (χ1) is 5.41. The SMILES string of the molecule is CC(C)(C)c1ccc([O])cc1Br. The molecular formula is C10H12BrO. The molecule has 0 saturated heterocycles. The summed E-state index contributed by atoms with van der Waals surface area (Å²) >= 11 is 3.38. The van der Waals surface area contributed by atoms with E-state index < -0.39 is 0 Å². The molecule has 12 heavy (non-hydrogen) atoms. The maximum Gasteiger partial charge on any atom is 0.179 e. The molecule has 1 aromatic carbocycles. The zero-order chi connectivity index (χ0) is 9.35. The van der Waals surface area contributed by atoms with Crippen molar-refractivity contribution < 1.29 is 5.11 Å². The van der Waals surface area contributed by atoms with Crippen LogP contribution in [0.4, 0.5) is 0 Å². The highest BCUT2D eigenvalue weighted by Gasteiger charge is 2.16. The average Bonchev–Trinajstić information content (AvgIpc) is 1.83. The molecule has 0 bridgehead atoms. The average molecular weight is 228 g/mol. The van der Waals surface area contributed by atoms with Crippen molar-refractivity contribution in [2.24, 2.45) is 0 Å². The molecule has 0 fully saturated rings. The second-order valence-electron chi connectivity index (χ2n) is 3.89. The molecule has 0 spiro atoms. The first-order valence-corrected chi connectivity index (χ1v) is 4.67. The highest BCUT2D eigenvalue weighted by Crippen LogP contribution is 2.31. The summed E-state index contributed by atoms with van der Waals surface area (Å²) in [5, 5.41) is 10.9. The van der Waals surface area contributed by atoms with E-state index in [1.54, 1.807) is 12.1 Å². The van der Waals surface area contributed by atoms with Crippen LogP contribution in [0, 0.1) is 0 Å². The van der Waals surface area contributed by atoms with Crippen LogP contribution in [0.2, 0.25) is 0 Å². The van der Waals surface area contributed by atoms with Crippen LogP contribution in [-0.4, -0.2) is 0 Å². The molecule has 0 heterocycles. The maximum atomic E-state index is 10.9. The summed E-state index contributed by atoms with van der Waals surface area (Å²) in [4.78, 5) is 0. The Hall–Kier alpha value is -0.500. The lowest BCUT2D eigenvalue weighted by molar-refractivity contribution is 0.354. The van der Waals surface area contributed by atoms with Crippen molar-refractivity contribution in [2.45, 2.75) is 26.2 Å². The molecule has 0 saturated carbocycles. The Kier molecular flexibility index (Phi) is 2.47. The molecule has 0 aromatic heterocycles. The Morgan fingerprint density at radius 1 is 1.25 bits per heavy atom. The van der Waals surface area contributed by atoms with Crippen molar-refractivity contribution in [1.29, 1.82) is 0 Å². The second kappa shape index (κ2) is 3.09. The number of benzene rings is 1. The summed E-state index contributed by atoms with van der Waals surface area (Å²) in [6, 6.07) is 5.10. The lowest BCUT2D eigenvalue weighted by atomic mass is 9.87. The quantitative estimate of drug-likeness (QED) is 0.641. The van der Waals surface area contributed by atoms with Gasteiger partial charge in [0, 0.05) is 4.47 Å². The van der Waals surface area contributed by atoms with Gasteiger partial charge in [0.2, 0.25) is 0 Å². The summed E-state index contributed by atoms with van der Waals surface area (Å²) < 4.78 is 0.905. The van der Waals surface area contributed by atoms with Crippen LogP contribution in [0.5, 0.6) is 5.75 Å². The van der Waals surface area contributed by atoms with Gasteiger partial charge in [-0.2, -0.15) is 0 Å². The van der Waals surface area contributed by atoms with Crippen LogP contribution in [0.25, 0.3) is 0 Å². The molecule has 0 atom stereocenters. The lowest BCUT2D eigenvalue weighted by Crippen LogP contribution is -2.11. The first kappa shape index (κ1) is 9.59. The molecule has 65 valence electrons. The van der Waals surface area contributed by atoms with Crippen molar-refractivity contribution in [3.63, 3.8) is 0 Å². The molecule has 1 rings (SSSR count). The van der Waals surface area contributed by atoms with Crippen molar-refractivity contribution in [3.05, 3.63) is 28.2 Å². The Bertz CT molecular complexity index is 286. The molecule has 0 amide bonds. The van der Waals surface area contributed by atoms with E-state index in [1.807, 2.05) is 6.07 Å². The summed E-state index contributed by atoms with van der Waals surface area (Å²) in [7, 11) is 0. The van der Waals surface area contributed by atoms with Crippen molar-refractivity contribution in [1.82, 2.24) is 0 Å². The smallest absolute Gasteiger partial charge is 0.179 e. The van der Waals surface area contributed by atoms with Gasteiger partial charge >= 0.3 is 0 Å². The highest BCUT2D eigenvalue weighted by molar-refractivity contribution is 9.10. The van der Waals surface area contributed by atoms with Gasteiger partial charge < -0.3 is 0 Å². The molecule has 0 aliphatic rings. The van der Waals surface area contributed by atoms with Gasteiger partial charge in [-0.3, -0.25) is 5.11 Å². The third-order valence-corrected chi connectivity index (χ3v) is 2.40. The Morgan fingerprint density at radius 3 is 2.25 bits per heavy atom. The minimum absolute atomic E-state index is 0.0508. The van der Waals surface area contributed by atoms with E-state index in [4.69, 9.17) is 0 Å². The Balaban J connectivity index is 3.19. The zero-order valence-electron chi connectivity index (χ0n) is 7.52. The minimum Gasteiger partial charge on any atom is -0.290 e. The normalized spacial score (nSPS) is 11.7. The highest BCUT2D eigenvalue weighted by atomic mass is 79.9. The third kappa shape index (κ3) is 2.01. The predicted molar refractivity (Wildman–Crippen MR) is 53.0 cm³/mol. The van der Waals surface area contributed by atoms with Gasteiger partial charge in [0.25, 0.3) is 0 Å².